The predicted molar refractivity (Wildman–Crippen MR) is 92.2 cm³/mol. The maximum atomic E-state index is 13.8. The number of benzene rings is 2. The van der Waals surface area contributed by atoms with E-state index in [4.69, 9.17) is 9.15 Å². The van der Waals surface area contributed by atoms with Gasteiger partial charge < -0.3 is 14.5 Å². The van der Waals surface area contributed by atoms with Gasteiger partial charge in [0.25, 0.3) is 5.91 Å². The number of aromatic nitrogens is 1. The van der Waals surface area contributed by atoms with E-state index in [9.17, 15) is 14.0 Å². The highest BCUT2D eigenvalue weighted by atomic mass is 19.1. The average molecular weight is 354 g/mol. The van der Waals surface area contributed by atoms with Crippen LogP contribution in [0.2, 0.25) is 0 Å². The molecule has 7 heteroatoms. The molecular formula is C19H15FN2O4. The van der Waals surface area contributed by atoms with Crippen LogP contribution in [0.4, 0.5) is 10.1 Å². The molecule has 0 fully saturated rings. The first-order chi connectivity index (χ1) is 12.6. The summed E-state index contributed by atoms with van der Waals surface area (Å²) in [6.45, 7) is 1.86. The Morgan fingerprint density at radius 2 is 1.88 bits per heavy atom. The smallest absolute Gasteiger partial charge is 0.360 e. The van der Waals surface area contributed by atoms with E-state index < -0.39 is 17.7 Å². The van der Waals surface area contributed by atoms with Gasteiger partial charge in [-0.25, -0.2) is 14.2 Å². The van der Waals surface area contributed by atoms with Gasteiger partial charge in [0.05, 0.1) is 17.9 Å². The third kappa shape index (κ3) is 3.46. The molecule has 0 saturated heterocycles. The Morgan fingerprint density at radius 3 is 2.65 bits per heavy atom. The van der Waals surface area contributed by atoms with Crippen molar-refractivity contribution in [3.8, 4) is 11.3 Å². The summed E-state index contributed by atoms with van der Waals surface area (Å²) in [5.41, 5.74) is 0.577. The molecular weight excluding hydrogens is 339 g/mol. The summed E-state index contributed by atoms with van der Waals surface area (Å²) >= 11 is 0. The monoisotopic (exact) mass is 354 g/mol. The third-order valence-electron chi connectivity index (χ3n) is 3.57. The number of hydrogen-bond donors (Lipinski definition) is 1. The van der Waals surface area contributed by atoms with Crippen LogP contribution in [0.15, 0.2) is 59.3 Å². The maximum absolute atomic E-state index is 13.8. The maximum Gasteiger partial charge on any atom is 0.360 e. The lowest BCUT2D eigenvalue weighted by molar-refractivity contribution is 0.0520. The SMILES string of the molecule is CCOC(=O)c1ncoc1-c1ccccc1C(=O)Nc1ccccc1F. The van der Waals surface area contributed by atoms with Crippen molar-refractivity contribution in [2.75, 3.05) is 11.9 Å². The van der Waals surface area contributed by atoms with Crippen LogP contribution in [0.5, 0.6) is 0 Å². The van der Waals surface area contributed by atoms with Gasteiger partial charge in [0, 0.05) is 5.56 Å². The Morgan fingerprint density at radius 1 is 1.15 bits per heavy atom. The summed E-state index contributed by atoms with van der Waals surface area (Å²) in [5.74, 6) is -1.63. The third-order valence-corrected chi connectivity index (χ3v) is 3.57. The average Bonchev–Trinajstić information content (AvgIpc) is 3.13. The van der Waals surface area contributed by atoms with Crippen molar-refractivity contribution >= 4 is 17.6 Å². The highest BCUT2D eigenvalue weighted by Crippen LogP contribution is 2.28. The number of amides is 1. The highest BCUT2D eigenvalue weighted by molar-refractivity contribution is 6.09. The zero-order valence-corrected chi connectivity index (χ0v) is 13.9. The highest BCUT2D eigenvalue weighted by Gasteiger charge is 2.23. The Kier molecular flexibility index (Phi) is 5.07. The molecule has 0 atom stereocenters. The molecule has 3 aromatic rings. The molecule has 0 aliphatic rings. The fourth-order valence-corrected chi connectivity index (χ4v) is 2.41. The fourth-order valence-electron chi connectivity index (χ4n) is 2.41. The van der Waals surface area contributed by atoms with Gasteiger partial charge in [-0.3, -0.25) is 4.79 Å². The van der Waals surface area contributed by atoms with Crippen LogP contribution < -0.4 is 5.32 Å². The first-order valence-corrected chi connectivity index (χ1v) is 7.87. The number of hydrogen-bond acceptors (Lipinski definition) is 5. The summed E-state index contributed by atoms with van der Waals surface area (Å²) in [7, 11) is 0. The van der Waals surface area contributed by atoms with E-state index in [0.29, 0.717) is 5.56 Å². The van der Waals surface area contributed by atoms with Gasteiger partial charge in [-0.05, 0) is 25.1 Å². The minimum Gasteiger partial charge on any atom is -0.461 e. The topological polar surface area (TPSA) is 81.4 Å². The Bertz CT molecular complexity index is 952. The van der Waals surface area contributed by atoms with Crippen molar-refractivity contribution in [2.45, 2.75) is 6.92 Å². The van der Waals surface area contributed by atoms with Crippen molar-refractivity contribution < 1.29 is 23.1 Å². The Labute approximate surface area is 148 Å². The number of ether oxygens (including phenoxy) is 1. The zero-order chi connectivity index (χ0) is 18.5. The van der Waals surface area contributed by atoms with E-state index in [1.54, 1.807) is 37.3 Å². The van der Waals surface area contributed by atoms with Gasteiger partial charge in [0.1, 0.15) is 5.82 Å². The van der Waals surface area contributed by atoms with Crippen LogP contribution in [0, 0.1) is 5.82 Å². The molecule has 0 radical (unpaired) electrons. The second kappa shape index (κ2) is 7.60. The molecule has 132 valence electrons. The lowest BCUT2D eigenvalue weighted by atomic mass is 10.0. The second-order valence-electron chi connectivity index (χ2n) is 5.23. The number of nitrogens with one attached hydrogen (secondary N) is 1. The molecule has 2 aromatic carbocycles. The molecule has 0 aliphatic carbocycles. The first-order valence-electron chi connectivity index (χ1n) is 7.87. The molecule has 0 unspecified atom stereocenters. The summed E-state index contributed by atoms with van der Waals surface area (Å²) in [5, 5.41) is 2.51. The molecule has 0 aliphatic heterocycles. The van der Waals surface area contributed by atoms with E-state index in [1.165, 1.54) is 18.2 Å². The van der Waals surface area contributed by atoms with Crippen LogP contribution in [0.3, 0.4) is 0 Å². The van der Waals surface area contributed by atoms with Gasteiger partial charge in [0.15, 0.2) is 17.8 Å². The molecule has 1 heterocycles. The molecule has 0 bridgehead atoms. The molecule has 1 aromatic heterocycles. The van der Waals surface area contributed by atoms with Crippen molar-refractivity contribution in [1.29, 1.82) is 0 Å². The molecule has 0 saturated carbocycles. The molecule has 3 rings (SSSR count). The normalized spacial score (nSPS) is 10.4. The summed E-state index contributed by atoms with van der Waals surface area (Å²) in [4.78, 5) is 28.5. The minimum absolute atomic E-state index is 0.0296. The predicted octanol–water partition coefficient (Wildman–Crippen LogP) is 3.91. The molecule has 6 nitrogen and oxygen atoms in total. The number of carbonyl (C=O) groups is 2. The van der Waals surface area contributed by atoms with Crippen molar-refractivity contribution in [1.82, 2.24) is 4.98 Å². The van der Waals surface area contributed by atoms with Gasteiger partial charge in [-0.1, -0.05) is 30.3 Å². The largest absolute Gasteiger partial charge is 0.461 e. The van der Waals surface area contributed by atoms with E-state index in [-0.39, 0.29) is 29.3 Å². The molecule has 0 spiro atoms. The zero-order valence-electron chi connectivity index (χ0n) is 13.9. The van der Waals surface area contributed by atoms with Crippen LogP contribution in [-0.2, 0) is 4.74 Å². The number of para-hydroxylation sites is 1. The van der Waals surface area contributed by atoms with Gasteiger partial charge >= 0.3 is 5.97 Å². The van der Waals surface area contributed by atoms with Crippen LogP contribution in [-0.4, -0.2) is 23.5 Å². The number of nitrogens with zero attached hydrogens (tertiary/aromatic N) is 1. The number of anilines is 1. The number of oxazole rings is 1. The summed E-state index contributed by atoms with van der Waals surface area (Å²) < 4.78 is 24.1. The summed E-state index contributed by atoms with van der Waals surface area (Å²) in [6, 6.07) is 12.3. The second-order valence-corrected chi connectivity index (χ2v) is 5.23. The minimum atomic E-state index is -0.652. The van der Waals surface area contributed by atoms with E-state index in [0.717, 1.165) is 6.39 Å². The van der Waals surface area contributed by atoms with Crippen molar-refractivity contribution in [3.05, 3.63) is 72.0 Å². The fraction of sp³-hybridized carbons (Fsp3) is 0.105. The Balaban J connectivity index is 1.97. The van der Waals surface area contributed by atoms with Crippen molar-refractivity contribution in [2.24, 2.45) is 0 Å². The standard InChI is InChI=1S/C19H15FN2O4/c1-2-25-19(24)16-17(26-11-21-16)12-7-3-4-8-13(12)18(23)22-15-10-6-5-9-14(15)20/h3-11H,2H2,1H3,(H,22,23). The van der Waals surface area contributed by atoms with E-state index in [2.05, 4.69) is 10.3 Å². The summed E-state index contributed by atoms with van der Waals surface area (Å²) in [6.07, 6.45) is 1.10. The number of halogens is 1. The van der Waals surface area contributed by atoms with Crippen molar-refractivity contribution in [3.63, 3.8) is 0 Å². The van der Waals surface area contributed by atoms with Gasteiger partial charge in [0.2, 0.25) is 0 Å². The van der Waals surface area contributed by atoms with Gasteiger partial charge in [-0.2, -0.15) is 0 Å². The number of rotatable bonds is 5. The lowest BCUT2D eigenvalue weighted by Gasteiger charge is -2.10. The van der Waals surface area contributed by atoms with E-state index >= 15 is 0 Å². The molecule has 1 amide bonds. The van der Waals surface area contributed by atoms with Crippen LogP contribution >= 0.6 is 0 Å². The lowest BCUT2D eigenvalue weighted by Crippen LogP contribution is -2.14. The van der Waals surface area contributed by atoms with E-state index in [1.807, 2.05) is 0 Å². The quantitative estimate of drug-likeness (QED) is 0.703. The number of carbonyl (C=O) groups excluding carboxylic acids is 2. The number of esters is 1. The van der Waals surface area contributed by atoms with Crippen LogP contribution in [0.25, 0.3) is 11.3 Å². The van der Waals surface area contributed by atoms with Crippen LogP contribution in [0.1, 0.15) is 27.8 Å². The molecule has 26 heavy (non-hydrogen) atoms. The Hall–Kier alpha value is -3.48. The van der Waals surface area contributed by atoms with Gasteiger partial charge in [-0.15, -0.1) is 0 Å². The first kappa shape index (κ1) is 17.3. The molecule has 1 N–H and O–H groups in total.